The van der Waals surface area contributed by atoms with Crippen molar-refractivity contribution in [2.45, 2.75) is 6.42 Å². The molecular weight excluding hydrogens is 368 g/mol. The Morgan fingerprint density at radius 2 is 1.50 bits per heavy atom. The van der Waals surface area contributed by atoms with E-state index < -0.39 is 35.7 Å². The topological polar surface area (TPSA) is 105 Å². The molecule has 0 radical (unpaired) electrons. The zero-order chi connectivity index (χ0) is 19.9. The highest BCUT2D eigenvalue weighted by Gasteiger charge is 2.57. The lowest BCUT2D eigenvalue weighted by Gasteiger charge is -2.25. The Morgan fingerprint density at radius 1 is 1.00 bits per heavy atom. The van der Waals surface area contributed by atoms with E-state index in [9.17, 15) is 19.2 Å². The molecule has 26 heavy (non-hydrogen) atoms. The third-order valence-electron chi connectivity index (χ3n) is 3.38. The van der Waals surface area contributed by atoms with Crippen molar-refractivity contribution in [1.82, 2.24) is 0 Å². The number of rotatable bonds is 7. The Bertz CT molecular complexity index is 699. The standard InChI is InChI=1S/C17H17ClO8/c1-10(13(19)26-12-7-5-6-11(18)8-12)9-17(14(20)23-2,15(21)24-3)16(22)25-4/h5-8H,1,9H2,2-4H3. The Morgan fingerprint density at radius 3 is 1.92 bits per heavy atom. The fraction of sp³-hybridized carbons (Fsp3) is 0.294. The smallest absolute Gasteiger partial charge is 0.338 e. The Balaban J connectivity index is 3.14. The minimum atomic E-state index is -2.54. The molecular formula is C17H17ClO8. The SMILES string of the molecule is C=C(CC(C(=O)OC)(C(=O)OC)C(=O)OC)C(=O)Oc1cccc(Cl)c1. The molecule has 0 saturated carbocycles. The van der Waals surface area contributed by atoms with Gasteiger partial charge in [0.25, 0.3) is 5.41 Å². The number of benzene rings is 1. The van der Waals surface area contributed by atoms with Gasteiger partial charge in [0.15, 0.2) is 0 Å². The lowest BCUT2D eigenvalue weighted by molar-refractivity contribution is -0.180. The first-order valence-electron chi connectivity index (χ1n) is 7.13. The largest absolute Gasteiger partial charge is 0.468 e. The van der Waals surface area contributed by atoms with Gasteiger partial charge in [-0.3, -0.25) is 14.4 Å². The first-order valence-corrected chi connectivity index (χ1v) is 7.51. The van der Waals surface area contributed by atoms with Crippen LogP contribution in [-0.4, -0.2) is 45.2 Å². The molecule has 1 rings (SSSR count). The maximum Gasteiger partial charge on any atom is 0.338 e. The molecule has 9 heteroatoms. The predicted octanol–water partition coefficient (Wildman–Crippen LogP) is 1.70. The van der Waals surface area contributed by atoms with Gasteiger partial charge >= 0.3 is 23.9 Å². The minimum absolute atomic E-state index is 0.114. The van der Waals surface area contributed by atoms with Crippen molar-refractivity contribution in [2.24, 2.45) is 5.41 Å². The van der Waals surface area contributed by atoms with Gasteiger partial charge in [-0.1, -0.05) is 24.2 Å². The van der Waals surface area contributed by atoms with Crippen LogP contribution < -0.4 is 4.74 Å². The van der Waals surface area contributed by atoms with Gasteiger partial charge in [0, 0.05) is 17.0 Å². The summed E-state index contributed by atoms with van der Waals surface area (Å²) in [6.45, 7) is 3.48. The zero-order valence-electron chi connectivity index (χ0n) is 14.4. The summed E-state index contributed by atoms with van der Waals surface area (Å²) in [5.74, 6) is -4.63. The van der Waals surface area contributed by atoms with Crippen LogP contribution in [0, 0.1) is 5.41 Å². The molecule has 1 aromatic rings. The molecule has 0 aliphatic heterocycles. The molecule has 0 fully saturated rings. The van der Waals surface area contributed by atoms with E-state index in [2.05, 4.69) is 20.8 Å². The molecule has 8 nitrogen and oxygen atoms in total. The Kier molecular flexibility index (Phi) is 7.33. The molecule has 1 aromatic carbocycles. The average molecular weight is 385 g/mol. The lowest BCUT2D eigenvalue weighted by atomic mass is 9.81. The van der Waals surface area contributed by atoms with E-state index in [0.29, 0.717) is 5.02 Å². The van der Waals surface area contributed by atoms with Crippen molar-refractivity contribution in [3.63, 3.8) is 0 Å². The van der Waals surface area contributed by atoms with Crippen LogP contribution in [0.15, 0.2) is 36.4 Å². The van der Waals surface area contributed by atoms with Crippen LogP contribution in [0.1, 0.15) is 6.42 Å². The first kappa shape index (κ1) is 21.2. The van der Waals surface area contributed by atoms with Crippen molar-refractivity contribution in [2.75, 3.05) is 21.3 Å². The molecule has 140 valence electrons. The molecule has 0 saturated heterocycles. The maximum atomic E-state index is 12.2. The van der Waals surface area contributed by atoms with Gasteiger partial charge < -0.3 is 18.9 Å². The zero-order valence-corrected chi connectivity index (χ0v) is 15.1. The number of hydrogen-bond acceptors (Lipinski definition) is 8. The van der Waals surface area contributed by atoms with Gasteiger partial charge in [0.1, 0.15) is 5.75 Å². The summed E-state index contributed by atoms with van der Waals surface area (Å²) in [4.78, 5) is 48.7. The summed E-state index contributed by atoms with van der Waals surface area (Å²) in [6, 6.07) is 5.96. The third kappa shape index (κ3) is 4.40. The van der Waals surface area contributed by atoms with Gasteiger partial charge in [-0.15, -0.1) is 0 Å². The molecule has 0 unspecified atom stereocenters. The summed E-state index contributed by atoms with van der Waals surface area (Å²) in [6.07, 6.45) is -0.752. The van der Waals surface area contributed by atoms with Gasteiger partial charge in [0.05, 0.1) is 21.3 Å². The van der Waals surface area contributed by atoms with E-state index in [4.69, 9.17) is 16.3 Å². The van der Waals surface area contributed by atoms with Crippen molar-refractivity contribution in [3.8, 4) is 5.75 Å². The highest BCUT2D eigenvalue weighted by Crippen LogP contribution is 2.32. The number of ether oxygens (including phenoxy) is 4. The number of methoxy groups -OCH3 is 3. The molecule has 0 bridgehead atoms. The van der Waals surface area contributed by atoms with Crippen LogP contribution in [0.5, 0.6) is 5.75 Å². The van der Waals surface area contributed by atoms with Crippen molar-refractivity contribution >= 4 is 35.5 Å². The second kappa shape index (κ2) is 9.00. The highest BCUT2D eigenvalue weighted by molar-refractivity contribution is 6.30. The van der Waals surface area contributed by atoms with Crippen molar-refractivity contribution in [1.29, 1.82) is 0 Å². The van der Waals surface area contributed by atoms with Gasteiger partial charge in [-0.25, -0.2) is 4.79 Å². The second-order valence-corrected chi connectivity index (χ2v) is 5.44. The molecule has 0 spiro atoms. The normalized spacial score (nSPS) is 10.5. The van der Waals surface area contributed by atoms with Gasteiger partial charge in [-0.2, -0.15) is 0 Å². The highest BCUT2D eigenvalue weighted by atomic mass is 35.5. The number of halogens is 1. The molecule has 0 N–H and O–H groups in total. The maximum absolute atomic E-state index is 12.2. The number of carbonyl (C=O) groups is 4. The molecule has 0 amide bonds. The van der Waals surface area contributed by atoms with E-state index in [0.717, 1.165) is 21.3 Å². The number of esters is 4. The van der Waals surface area contributed by atoms with Crippen LogP contribution in [0.25, 0.3) is 0 Å². The van der Waals surface area contributed by atoms with Gasteiger partial charge in [0.2, 0.25) is 0 Å². The number of hydrogen-bond donors (Lipinski definition) is 0. The second-order valence-electron chi connectivity index (χ2n) is 5.01. The first-order chi connectivity index (χ1) is 12.2. The Labute approximate surface area is 154 Å². The van der Waals surface area contributed by atoms with E-state index in [-0.39, 0.29) is 11.3 Å². The third-order valence-corrected chi connectivity index (χ3v) is 3.61. The molecule has 0 aromatic heterocycles. The summed E-state index contributed by atoms with van der Waals surface area (Å²) in [5.41, 5.74) is -2.89. The monoisotopic (exact) mass is 384 g/mol. The molecule has 0 aliphatic carbocycles. The van der Waals surface area contributed by atoms with Crippen LogP contribution in [0.3, 0.4) is 0 Å². The summed E-state index contributed by atoms with van der Waals surface area (Å²) < 4.78 is 18.6. The quantitative estimate of drug-likeness (QED) is 0.230. The van der Waals surface area contributed by atoms with Crippen molar-refractivity contribution < 1.29 is 38.1 Å². The summed E-state index contributed by atoms with van der Waals surface area (Å²) in [5, 5.41) is 0.328. The summed E-state index contributed by atoms with van der Waals surface area (Å²) >= 11 is 5.80. The fourth-order valence-corrected chi connectivity index (χ4v) is 2.27. The fourth-order valence-electron chi connectivity index (χ4n) is 2.09. The van der Waals surface area contributed by atoms with E-state index in [1.807, 2.05) is 0 Å². The molecule has 0 atom stereocenters. The minimum Gasteiger partial charge on any atom is -0.468 e. The van der Waals surface area contributed by atoms with Crippen LogP contribution in [0.2, 0.25) is 5.02 Å². The van der Waals surface area contributed by atoms with Crippen molar-refractivity contribution in [3.05, 3.63) is 41.4 Å². The van der Waals surface area contributed by atoms with Crippen LogP contribution >= 0.6 is 11.6 Å². The average Bonchev–Trinajstić information content (AvgIpc) is 2.63. The molecule has 0 heterocycles. The predicted molar refractivity (Wildman–Crippen MR) is 89.3 cm³/mol. The van der Waals surface area contributed by atoms with E-state index in [1.54, 1.807) is 12.1 Å². The van der Waals surface area contributed by atoms with Crippen LogP contribution in [-0.2, 0) is 33.4 Å². The Hall–Kier alpha value is -2.87. The lowest BCUT2D eigenvalue weighted by Crippen LogP contribution is -2.49. The van der Waals surface area contributed by atoms with Gasteiger partial charge in [-0.05, 0) is 18.2 Å². The van der Waals surface area contributed by atoms with Crippen LogP contribution in [0.4, 0.5) is 0 Å². The number of carbonyl (C=O) groups excluding carboxylic acids is 4. The molecule has 0 aliphatic rings. The van der Waals surface area contributed by atoms with E-state index >= 15 is 0 Å². The summed E-state index contributed by atoms with van der Waals surface area (Å²) in [7, 11) is 2.90. The van der Waals surface area contributed by atoms with E-state index in [1.165, 1.54) is 12.1 Å².